The van der Waals surface area contributed by atoms with Crippen LogP contribution in [0.3, 0.4) is 0 Å². The standard InChI is InChI=1S/C23H19N3S/c1-17-21(23(27)26(25-17)20-15-9-4-10-16-20)22(18-11-5-2-6-12-18)24-19-13-7-3-8-14-19/h2-16,25H,1H3. The molecule has 1 aromatic heterocycles. The maximum Gasteiger partial charge on any atom is 0.137 e. The van der Waals surface area contributed by atoms with Crippen LogP contribution in [-0.4, -0.2) is 15.5 Å². The van der Waals surface area contributed by atoms with Crippen molar-refractivity contribution in [3.8, 4) is 5.69 Å². The molecule has 3 nitrogen and oxygen atoms in total. The fraction of sp³-hybridized carbons (Fsp3) is 0.0435. The number of hydrogen-bond acceptors (Lipinski definition) is 2. The normalized spacial score (nSPS) is 11.5. The van der Waals surface area contributed by atoms with Gasteiger partial charge in [-0.1, -0.05) is 78.9 Å². The fourth-order valence-corrected chi connectivity index (χ4v) is 3.48. The zero-order valence-corrected chi connectivity index (χ0v) is 15.8. The fourth-order valence-electron chi connectivity index (χ4n) is 3.08. The van der Waals surface area contributed by atoms with Gasteiger partial charge in [-0.2, -0.15) is 0 Å². The second kappa shape index (κ2) is 7.56. The molecule has 0 saturated carbocycles. The average molecular weight is 369 g/mol. The van der Waals surface area contributed by atoms with E-state index in [0.29, 0.717) is 0 Å². The van der Waals surface area contributed by atoms with E-state index in [2.05, 4.69) is 17.2 Å². The molecule has 0 bridgehead atoms. The first-order valence-corrected chi connectivity index (χ1v) is 9.21. The molecular formula is C23H19N3S. The van der Waals surface area contributed by atoms with Gasteiger partial charge in [0, 0.05) is 11.3 Å². The van der Waals surface area contributed by atoms with Crippen LogP contribution in [0.2, 0.25) is 0 Å². The minimum absolute atomic E-state index is 0.720. The summed E-state index contributed by atoms with van der Waals surface area (Å²) in [6.07, 6.45) is 0. The van der Waals surface area contributed by atoms with Gasteiger partial charge in [0.05, 0.1) is 22.6 Å². The number of nitrogens with one attached hydrogen (secondary N) is 1. The lowest BCUT2D eigenvalue weighted by molar-refractivity contribution is 0.853. The van der Waals surface area contributed by atoms with E-state index in [0.717, 1.165) is 38.5 Å². The van der Waals surface area contributed by atoms with Crippen LogP contribution in [0.4, 0.5) is 5.69 Å². The lowest BCUT2D eigenvalue weighted by atomic mass is 10.0. The van der Waals surface area contributed by atoms with Crippen molar-refractivity contribution in [3.63, 3.8) is 0 Å². The molecule has 0 radical (unpaired) electrons. The Hall–Kier alpha value is -3.24. The second-order valence-electron chi connectivity index (χ2n) is 6.25. The molecule has 0 aliphatic heterocycles. The molecule has 0 atom stereocenters. The van der Waals surface area contributed by atoms with Crippen LogP contribution in [-0.2, 0) is 0 Å². The van der Waals surface area contributed by atoms with Crippen LogP contribution in [0, 0.1) is 11.6 Å². The Kier molecular flexibility index (Phi) is 4.81. The summed E-state index contributed by atoms with van der Waals surface area (Å²) in [5.41, 5.74) is 5.75. The number of aliphatic imine (C=N–C) groups is 1. The van der Waals surface area contributed by atoms with E-state index < -0.39 is 0 Å². The number of aromatic nitrogens is 2. The first kappa shape index (κ1) is 17.2. The van der Waals surface area contributed by atoms with Crippen LogP contribution >= 0.6 is 12.2 Å². The lowest BCUT2D eigenvalue weighted by Crippen LogP contribution is -2.05. The molecular weight excluding hydrogens is 350 g/mol. The van der Waals surface area contributed by atoms with E-state index in [-0.39, 0.29) is 0 Å². The minimum Gasteiger partial charge on any atom is -0.297 e. The Morgan fingerprint density at radius 1 is 0.815 bits per heavy atom. The highest BCUT2D eigenvalue weighted by Crippen LogP contribution is 2.22. The third-order valence-electron chi connectivity index (χ3n) is 4.37. The smallest absolute Gasteiger partial charge is 0.137 e. The molecule has 1 heterocycles. The van der Waals surface area contributed by atoms with Crippen molar-refractivity contribution in [1.29, 1.82) is 0 Å². The Bertz CT molecular complexity index is 1120. The van der Waals surface area contributed by atoms with Crippen LogP contribution in [0.1, 0.15) is 16.8 Å². The summed E-state index contributed by atoms with van der Waals surface area (Å²) in [6, 6.07) is 30.2. The monoisotopic (exact) mass is 369 g/mol. The molecule has 0 amide bonds. The van der Waals surface area contributed by atoms with Crippen LogP contribution in [0.5, 0.6) is 0 Å². The van der Waals surface area contributed by atoms with E-state index in [4.69, 9.17) is 17.2 Å². The largest absolute Gasteiger partial charge is 0.297 e. The van der Waals surface area contributed by atoms with Gasteiger partial charge in [0.2, 0.25) is 0 Å². The number of rotatable bonds is 4. The molecule has 27 heavy (non-hydrogen) atoms. The molecule has 4 rings (SSSR count). The van der Waals surface area contributed by atoms with Crippen molar-refractivity contribution in [1.82, 2.24) is 9.78 Å². The Labute approximate surface area is 163 Å². The van der Waals surface area contributed by atoms with Crippen molar-refractivity contribution in [2.75, 3.05) is 0 Å². The van der Waals surface area contributed by atoms with Gasteiger partial charge in [-0.3, -0.25) is 5.10 Å². The quantitative estimate of drug-likeness (QED) is 0.347. The Morgan fingerprint density at radius 2 is 1.37 bits per heavy atom. The van der Waals surface area contributed by atoms with Crippen molar-refractivity contribution in [2.24, 2.45) is 4.99 Å². The summed E-state index contributed by atoms with van der Waals surface area (Å²) >= 11 is 5.84. The van der Waals surface area contributed by atoms with E-state index >= 15 is 0 Å². The van der Waals surface area contributed by atoms with Crippen LogP contribution < -0.4 is 0 Å². The molecule has 4 heteroatoms. The number of benzene rings is 3. The predicted octanol–water partition coefficient (Wildman–Crippen LogP) is 6.01. The average Bonchev–Trinajstić information content (AvgIpc) is 3.02. The van der Waals surface area contributed by atoms with Gasteiger partial charge in [-0.25, -0.2) is 9.67 Å². The molecule has 0 fully saturated rings. The third kappa shape index (κ3) is 3.52. The number of nitrogens with zero attached hydrogens (tertiary/aromatic N) is 2. The SMILES string of the molecule is Cc1[nH]n(-c2ccccc2)c(=S)c1C(=Nc1ccccc1)c1ccccc1. The van der Waals surface area contributed by atoms with E-state index in [1.807, 2.05) is 90.5 Å². The predicted molar refractivity (Wildman–Crippen MR) is 114 cm³/mol. The summed E-state index contributed by atoms with van der Waals surface area (Å²) < 4.78 is 2.65. The van der Waals surface area contributed by atoms with E-state index in [9.17, 15) is 0 Å². The Balaban J connectivity index is 1.93. The summed E-state index contributed by atoms with van der Waals surface area (Å²) in [4.78, 5) is 4.94. The lowest BCUT2D eigenvalue weighted by Gasteiger charge is -2.07. The number of aryl methyl sites for hydroxylation is 1. The highest BCUT2D eigenvalue weighted by molar-refractivity contribution is 7.71. The molecule has 3 aromatic carbocycles. The third-order valence-corrected chi connectivity index (χ3v) is 4.75. The maximum absolute atomic E-state index is 5.84. The maximum atomic E-state index is 5.84. The van der Waals surface area contributed by atoms with E-state index in [1.165, 1.54) is 0 Å². The molecule has 4 aromatic rings. The highest BCUT2D eigenvalue weighted by Gasteiger charge is 2.17. The van der Waals surface area contributed by atoms with Crippen molar-refractivity contribution >= 4 is 23.6 Å². The van der Waals surface area contributed by atoms with E-state index in [1.54, 1.807) is 0 Å². The van der Waals surface area contributed by atoms with Gasteiger partial charge in [0.1, 0.15) is 4.64 Å². The first-order valence-electron chi connectivity index (χ1n) is 8.80. The molecule has 0 spiro atoms. The molecule has 0 unspecified atom stereocenters. The van der Waals surface area contributed by atoms with Crippen molar-refractivity contribution < 1.29 is 0 Å². The Morgan fingerprint density at radius 3 is 2.00 bits per heavy atom. The highest BCUT2D eigenvalue weighted by atomic mass is 32.1. The summed E-state index contributed by atoms with van der Waals surface area (Å²) in [6.45, 7) is 2.04. The van der Waals surface area contributed by atoms with Gasteiger partial charge < -0.3 is 0 Å². The van der Waals surface area contributed by atoms with Crippen LogP contribution in [0.15, 0.2) is 96.0 Å². The van der Waals surface area contributed by atoms with Gasteiger partial charge in [-0.05, 0) is 31.2 Å². The molecule has 0 aliphatic carbocycles. The number of para-hydroxylation sites is 2. The number of hydrogen-bond donors (Lipinski definition) is 1. The van der Waals surface area contributed by atoms with Gasteiger partial charge in [0.15, 0.2) is 0 Å². The summed E-state index contributed by atoms with van der Waals surface area (Å²) in [5, 5.41) is 3.40. The number of aromatic amines is 1. The van der Waals surface area contributed by atoms with Crippen molar-refractivity contribution in [2.45, 2.75) is 6.92 Å². The molecule has 0 saturated heterocycles. The summed E-state index contributed by atoms with van der Waals surface area (Å²) in [7, 11) is 0. The van der Waals surface area contributed by atoms with Crippen molar-refractivity contribution in [3.05, 3.63) is 112 Å². The van der Waals surface area contributed by atoms with Crippen LogP contribution in [0.25, 0.3) is 5.69 Å². The van der Waals surface area contributed by atoms with Gasteiger partial charge >= 0.3 is 0 Å². The summed E-state index contributed by atoms with van der Waals surface area (Å²) in [5.74, 6) is 0. The molecule has 0 aliphatic rings. The zero-order valence-electron chi connectivity index (χ0n) is 15.0. The molecule has 1 N–H and O–H groups in total. The number of H-pyrrole nitrogens is 1. The van der Waals surface area contributed by atoms with Gasteiger partial charge in [-0.15, -0.1) is 0 Å². The minimum atomic E-state index is 0.720. The topological polar surface area (TPSA) is 33.1 Å². The van der Waals surface area contributed by atoms with Gasteiger partial charge in [0.25, 0.3) is 0 Å². The second-order valence-corrected chi connectivity index (χ2v) is 6.64. The first-order chi connectivity index (χ1) is 13.2. The molecule has 132 valence electrons. The zero-order chi connectivity index (χ0) is 18.6.